The van der Waals surface area contributed by atoms with Crippen LogP contribution in [0.3, 0.4) is 0 Å². The molecule has 0 aromatic heterocycles. The molecule has 1 aliphatic rings. The first-order chi connectivity index (χ1) is 6.65. The summed E-state index contributed by atoms with van der Waals surface area (Å²) in [5.41, 5.74) is 5.93. The third-order valence-electron chi connectivity index (χ3n) is 1.73. The van der Waals surface area contributed by atoms with Crippen molar-refractivity contribution in [2.75, 3.05) is 6.61 Å². The fraction of sp³-hybridized carbons (Fsp3) is 0.333. The van der Waals surface area contributed by atoms with Gasteiger partial charge in [-0.3, -0.25) is 9.59 Å². The zero-order valence-electron chi connectivity index (χ0n) is 7.87. The Bertz CT molecular complexity index is 318. The lowest BCUT2D eigenvalue weighted by Crippen LogP contribution is -2.28. The molecule has 0 aromatic carbocycles. The van der Waals surface area contributed by atoms with Crippen molar-refractivity contribution in [3.63, 3.8) is 0 Å². The van der Waals surface area contributed by atoms with E-state index >= 15 is 0 Å². The van der Waals surface area contributed by atoms with E-state index in [0.717, 1.165) is 0 Å². The van der Waals surface area contributed by atoms with Crippen LogP contribution in [-0.4, -0.2) is 18.4 Å². The lowest BCUT2D eigenvalue weighted by molar-refractivity contribution is -0.119. The number of rotatable bonds is 3. The summed E-state index contributed by atoms with van der Waals surface area (Å²) >= 11 is 0. The van der Waals surface area contributed by atoms with Crippen molar-refractivity contribution in [2.45, 2.75) is 13.3 Å². The number of primary amides is 1. The zero-order chi connectivity index (χ0) is 10.6. The fourth-order valence-corrected chi connectivity index (χ4v) is 1.08. The van der Waals surface area contributed by atoms with Crippen LogP contribution in [0.25, 0.3) is 0 Å². The van der Waals surface area contributed by atoms with Crippen LogP contribution in [-0.2, 0) is 14.3 Å². The van der Waals surface area contributed by atoms with Gasteiger partial charge in [0, 0.05) is 11.8 Å². The number of carbonyl (C=O) groups is 2. The Balaban J connectivity index is 2.88. The number of nitrogens with two attached hydrogens (primary N) is 1. The van der Waals surface area contributed by atoms with Crippen LogP contribution in [0.2, 0.25) is 0 Å². The van der Waals surface area contributed by atoms with Crippen LogP contribution in [0.15, 0.2) is 23.6 Å². The van der Waals surface area contributed by atoms with E-state index in [1.165, 1.54) is 12.5 Å². The van der Waals surface area contributed by atoms with E-state index in [-0.39, 0.29) is 17.9 Å². The topological polar surface area (TPSA) is 81.4 Å². The smallest absolute Gasteiger partial charge is 0.250 e. The molecule has 0 atom stereocenters. The van der Waals surface area contributed by atoms with E-state index in [4.69, 9.17) is 10.5 Å². The van der Waals surface area contributed by atoms with Gasteiger partial charge in [0.1, 0.15) is 0 Å². The first kappa shape index (κ1) is 10.3. The molecule has 3 N–H and O–H groups in total. The molecule has 1 rings (SSSR count). The molecule has 0 bridgehead atoms. The van der Waals surface area contributed by atoms with E-state index in [2.05, 4.69) is 5.32 Å². The zero-order valence-corrected chi connectivity index (χ0v) is 7.87. The predicted octanol–water partition coefficient (Wildman–Crippen LogP) is -0.204. The average Bonchev–Trinajstić information content (AvgIpc) is 2.14. The Morgan fingerprint density at radius 2 is 2.50 bits per heavy atom. The number of carbonyl (C=O) groups excluding carboxylic acids is 2. The van der Waals surface area contributed by atoms with Crippen LogP contribution in [0.1, 0.15) is 13.3 Å². The molecule has 0 unspecified atom stereocenters. The van der Waals surface area contributed by atoms with Crippen LogP contribution < -0.4 is 11.1 Å². The lowest BCUT2D eigenvalue weighted by atomic mass is 10.0. The predicted molar refractivity (Wildman–Crippen MR) is 49.7 cm³/mol. The molecule has 0 aromatic rings. The highest BCUT2D eigenvalue weighted by Gasteiger charge is 2.19. The summed E-state index contributed by atoms with van der Waals surface area (Å²) in [5, 5.41) is 2.42. The van der Waals surface area contributed by atoms with Gasteiger partial charge in [-0.25, -0.2) is 0 Å². The number of ether oxygens (including phenoxy) is 1. The molecule has 2 amide bonds. The Morgan fingerprint density at radius 3 is 3.07 bits per heavy atom. The second-order valence-corrected chi connectivity index (χ2v) is 2.76. The molecule has 0 aliphatic carbocycles. The number of nitrogens with one attached hydrogen (secondary N) is 1. The van der Waals surface area contributed by atoms with E-state index in [9.17, 15) is 9.59 Å². The van der Waals surface area contributed by atoms with Crippen LogP contribution in [0.5, 0.6) is 0 Å². The maximum Gasteiger partial charge on any atom is 0.250 e. The number of amides is 2. The standard InChI is InChI=1S/C9H12N2O3/c1-2-14-5-6-3-8(12)11-4-7(6)9(10)13/h4-5H,2-3H2,1H3,(H2,10,13)(H,11,12). The first-order valence-electron chi connectivity index (χ1n) is 4.25. The molecular formula is C9H12N2O3. The molecule has 0 spiro atoms. The Labute approximate surface area is 81.6 Å². The van der Waals surface area contributed by atoms with Crippen molar-refractivity contribution in [3.8, 4) is 0 Å². The maximum atomic E-state index is 11.0. The molecule has 0 saturated carbocycles. The average molecular weight is 196 g/mol. The highest BCUT2D eigenvalue weighted by atomic mass is 16.5. The minimum absolute atomic E-state index is 0.120. The van der Waals surface area contributed by atoms with Gasteiger partial charge in [0.05, 0.1) is 24.9 Å². The molecule has 1 aliphatic heterocycles. The first-order valence-corrected chi connectivity index (χ1v) is 4.25. The van der Waals surface area contributed by atoms with E-state index in [1.54, 1.807) is 0 Å². The highest BCUT2D eigenvalue weighted by molar-refractivity contribution is 6.00. The van der Waals surface area contributed by atoms with Crippen LogP contribution in [0, 0.1) is 0 Å². The second kappa shape index (κ2) is 4.45. The molecule has 0 saturated heterocycles. The summed E-state index contributed by atoms with van der Waals surface area (Å²) in [6, 6.07) is 0. The summed E-state index contributed by atoms with van der Waals surface area (Å²) in [7, 11) is 0. The largest absolute Gasteiger partial charge is 0.501 e. The van der Waals surface area contributed by atoms with Gasteiger partial charge in [0.2, 0.25) is 5.91 Å². The highest BCUT2D eigenvalue weighted by Crippen LogP contribution is 2.16. The van der Waals surface area contributed by atoms with E-state index in [0.29, 0.717) is 12.2 Å². The molecule has 0 radical (unpaired) electrons. The van der Waals surface area contributed by atoms with Crippen molar-refractivity contribution in [3.05, 3.63) is 23.6 Å². The van der Waals surface area contributed by atoms with Gasteiger partial charge in [-0.05, 0) is 6.92 Å². The summed E-state index contributed by atoms with van der Waals surface area (Å²) in [6.45, 7) is 2.30. The van der Waals surface area contributed by atoms with Crippen molar-refractivity contribution in [1.29, 1.82) is 0 Å². The third-order valence-corrected chi connectivity index (χ3v) is 1.73. The minimum atomic E-state index is -0.573. The van der Waals surface area contributed by atoms with Gasteiger partial charge >= 0.3 is 0 Å². The Hall–Kier alpha value is -1.78. The molecule has 5 nitrogen and oxygen atoms in total. The summed E-state index contributed by atoms with van der Waals surface area (Å²) < 4.78 is 5.01. The van der Waals surface area contributed by atoms with Crippen LogP contribution >= 0.6 is 0 Å². The van der Waals surface area contributed by atoms with E-state index < -0.39 is 5.91 Å². The van der Waals surface area contributed by atoms with Crippen molar-refractivity contribution < 1.29 is 14.3 Å². The molecule has 14 heavy (non-hydrogen) atoms. The second-order valence-electron chi connectivity index (χ2n) is 2.76. The monoisotopic (exact) mass is 196 g/mol. The molecular weight excluding hydrogens is 184 g/mol. The lowest BCUT2D eigenvalue weighted by Gasteiger charge is -2.14. The Kier molecular flexibility index (Phi) is 3.28. The fourth-order valence-electron chi connectivity index (χ4n) is 1.08. The Morgan fingerprint density at radius 1 is 1.79 bits per heavy atom. The normalized spacial score (nSPS) is 18.8. The SMILES string of the molecule is CCOC=C1CC(=O)NC=C1C(N)=O. The van der Waals surface area contributed by atoms with Gasteiger partial charge in [0.25, 0.3) is 5.91 Å². The van der Waals surface area contributed by atoms with Gasteiger partial charge in [-0.2, -0.15) is 0 Å². The van der Waals surface area contributed by atoms with Crippen molar-refractivity contribution >= 4 is 11.8 Å². The molecule has 0 fully saturated rings. The maximum absolute atomic E-state index is 11.0. The van der Waals surface area contributed by atoms with Gasteiger partial charge in [-0.15, -0.1) is 0 Å². The molecule has 5 heteroatoms. The summed E-state index contributed by atoms with van der Waals surface area (Å²) in [4.78, 5) is 21.9. The van der Waals surface area contributed by atoms with Crippen molar-refractivity contribution in [2.24, 2.45) is 5.73 Å². The number of hydrogen-bond donors (Lipinski definition) is 2. The third kappa shape index (κ3) is 2.35. The summed E-state index contributed by atoms with van der Waals surface area (Å²) in [6.07, 6.45) is 2.82. The molecule has 76 valence electrons. The number of hydrogen-bond acceptors (Lipinski definition) is 3. The van der Waals surface area contributed by atoms with E-state index in [1.807, 2.05) is 6.92 Å². The molecule has 1 heterocycles. The summed E-state index contributed by atoms with van der Waals surface area (Å²) in [5.74, 6) is -0.753. The van der Waals surface area contributed by atoms with Crippen LogP contribution in [0.4, 0.5) is 0 Å². The quantitative estimate of drug-likeness (QED) is 0.613. The van der Waals surface area contributed by atoms with Crippen molar-refractivity contribution in [1.82, 2.24) is 5.32 Å². The van der Waals surface area contributed by atoms with Gasteiger partial charge < -0.3 is 15.8 Å². The minimum Gasteiger partial charge on any atom is -0.501 e. The van der Waals surface area contributed by atoms with Gasteiger partial charge in [-0.1, -0.05) is 0 Å². The van der Waals surface area contributed by atoms with Gasteiger partial charge in [0.15, 0.2) is 0 Å².